The third-order valence-electron chi connectivity index (χ3n) is 3.51. The highest BCUT2D eigenvalue weighted by Gasteiger charge is 2.20. The Hall–Kier alpha value is -2.26. The van der Waals surface area contributed by atoms with Crippen LogP contribution in [0, 0.1) is 18.2 Å². The molecule has 1 aromatic heterocycles. The summed E-state index contributed by atoms with van der Waals surface area (Å²) in [5.74, 6) is 2.54. The Labute approximate surface area is 131 Å². The van der Waals surface area contributed by atoms with Crippen LogP contribution in [0.2, 0.25) is 5.02 Å². The summed E-state index contributed by atoms with van der Waals surface area (Å²) in [6.45, 7) is 0.600. The van der Waals surface area contributed by atoms with Crippen molar-refractivity contribution in [3.05, 3.63) is 39.3 Å². The lowest BCUT2D eigenvalue weighted by atomic mass is 10.2. The first-order valence-electron chi connectivity index (χ1n) is 6.86. The van der Waals surface area contributed by atoms with E-state index in [1.54, 1.807) is 4.57 Å². The summed E-state index contributed by atoms with van der Waals surface area (Å²) in [7, 11) is 0. The Balaban J connectivity index is 2.10. The standard InChI is InChI=1S/C15H13ClFN3O2/c1-2-7-22-13-9-12(11(17)8-10(13)16)20-15(21)19-6-4-3-5-14(19)18-20/h1,8-9H,3-7H2. The van der Waals surface area contributed by atoms with Crippen LogP contribution in [0.1, 0.15) is 18.7 Å². The molecule has 1 aromatic carbocycles. The first kappa shape index (κ1) is 14.7. The van der Waals surface area contributed by atoms with Gasteiger partial charge in [0, 0.05) is 19.0 Å². The van der Waals surface area contributed by atoms with E-state index < -0.39 is 5.82 Å². The molecular formula is C15H13ClFN3O2. The van der Waals surface area contributed by atoms with Gasteiger partial charge in [0.15, 0.2) is 5.82 Å². The number of ether oxygens (including phenoxy) is 1. The highest BCUT2D eigenvalue weighted by molar-refractivity contribution is 6.32. The largest absolute Gasteiger partial charge is 0.479 e. The van der Waals surface area contributed by atoms with Crippen LogP contribution in [0.15, 0.2) is 16.9 Å². The number of hydrogen-bond donors (Lipinski definition) is 0. The van der Waals surface area contributed by atoms with Crippen molar-refractivity contribution in [1.82, 2.24) is 14.3 Å². The smallest absolute Gasteiger partial charge is 0.350 e. The second kappa shape index (κ2) is 5.85. The summed E-state index contributed by atoms with van der Waals surface area (Å²) in [6, 6.07) is 2.43. The van der Waals surface area contributed by atoms with Crippen LogP contribution in [0.4, 0.5) is 4.39 Å². The van der Waals surface area contributed by atoms with Crippen molar-refractivity contribution in [2.24, 2.45) is 0 Å². The summed E-state index contributed by atoms with van der Waals surface area (Å²) in [6.07, 6.45) is 7.72. The normalized spacial score (nSPS) is 13.5. The summed E-state index contributed by atoms with van der Waals surface area (Å²) in [5, 5.41) is 4.31. The molecular weight excluding hydrogens is 309 g/mol. The van der Waals surface area contributed by atoms with Gasteiger partial charge in [0.1, 0.15) is 23.9 Å². The maximum Gasteiger partial charge on any atom is 0.350 e. The van der Waals surface area contributed by atoms with Crippen molar-refractivity contribution in [3.63, 3.8) is 0 Å². The van der Waals surface area contributed by atoms with Gasteiger partial charge in [0.05, 0.1) is 5.02 Å². The Kier molecular flexibility index (Phi) is 3.90. The molecule has 0 atom stereocenters. The van der Waals surface area contributed by atoms with Gasteiger partial charge in [-0.15, -0.1) is 11.5 Å². The lowest BCUT2D eigenvalue weighted by Gasteiger charge is -2.09. The summed E-state index contributed by atoms with van der Waals surface area (Å²) in [4.78, 5) is 12.4. The zero-order valence-electron chi connectivity index (χ0n) is 11.7. The van der Waals surface area contributed by atoms with Crippen LogP contribution >= 0.6 is 11.6 Å². The summed E-state index contributed by atoms with van der Waals surface area (Å²) >= 11 is 5.92. The summed E-state index contributed by atoms with van der Waals surface area (Å²) in [5.41, 5.74) is -0.359. The van der Waals surface area contributed by atoms with Crippen LogP contribution in [0.3, 0.4) is 0 Å². The second-order valence-corrected chi connectivity index (χ2v) is 5.35. The fourth-order valence-corrected chi connectivity index (χ4v) is 2.67. The maximum absolute atomic E-state index is 14.2. The van der Waals surface area contributed by atoms with Gasteiger partial charge in [-0.1, -0.05) is 17.5 Å². The zero-order chi connectivity index (χ0) is 15.7. The maximum atomic E-state index is 14.2. The third-order valence-corrected chi connectivity index (χ3v) is 3.81. The van der Waals surface area contributed by atoms with Crippen LogP contribution in [0.25, 0.3) is 5.69 Å². The molecule has 2 aromatic rings. The van der Waals surface area contributed by atoms with Gasteiger partial charge in [-0.05, 0) is 18.9 Å². The van der Waals surface area contributed by atoms with Gasteiger partial charge in [-0.25, -0.2) is 9.18 Å². The lowest BCUT2D eigenvalue weighted by molar-refractivity contribution is 0.369. The van der Waals surface area contributed by atoms with Crippen molar-refractivity contribution in [2.45, 2.75) is 25.8 Å². The van der Waals surface area contributed by atoms with Crippen molar-refractivity contribution >= 4 is 11.6 Å². The number of aromatic nitrogens is 3. The average molecular weight is 322 g/mol. The molecule has 1 aliphatic rings. The number of benzene rings is 1. The average Bonchev–Trinajstić information content (AvgIpc) is 2.84. The van der Waals surface area contributed by atoms with Gasteiger partial charge < -0.3 is 4.74 Å². The highest BCUT2D eigenvalue weighted by atomic mass is 35.5. The van der Waals surface area contributed by atoms with E-state index in [-0.39, 0.29) is 28.8 Å². The van der Waals surface area contributed by atoms with Gasteiger partial charge in [-0.3, -0.25) is 4.57 Å². The first-order chi connectivity index (χ1) is 10.6. The molecule has 0 radical (unpaired) electrons. The molecule has 0 amide bonds. The molecule has 114 valence electrons. The van der Waals surface area contributed by atoms with Crippen molar-refractivity contribution in [1.29, 1.82) is 0 Å². The number of fused-ring (bicyclic) bond motifs is 1. The summed E-state index contributed by atoms with van der Waals surface area (Å²) < 4.78 is 22.1. The Morgan fingerprint density at radius 2 is 2.27 bits per heavy atom. The number of terminal acetylenes is 1. The zero-order valence-corrected chi connectivity index (χ0v) is 12.4. The van der Waals surface area contributed by atoms with Crippen LogP contribution in [0.5, 0.6) is 5.75 Å². The molecule has 0 aliphatic carbocycles. The first-order valence-corrected chi connectivity index (χ1v) is 7.24. The molecule has 7 heteroatoms. The number of halogens is 2. The van der Waals surface area contributed by atoms with Gasteiger partial charge in [-0.2, -0.15) is 4.68 Å². The molecule has 5 nitrogen and oxygen atoms in total. The molecule has 2 heterocycles. The van der Waals surface area contributed by atoms with Crippen LogP contribution in [-0.4, -0.2) is 21.0 Å². The molecule has 0 N–H and O–H groups in total. The quantitative estimate of drug-likeness (QED) is 0.814. The topological polar surface area (TPSA) is 49.0 Å². The fourth-order valence-electron chi connectivity index (χ4n) is 2.47. The van der Waals surface area contributed by atoms with E-state index in [1.165, 1.54) is 6.07 Å². The van der Waals surface area contributed by atoms with Crippen molar-refractivity contribution in [3.8, 4) is 23.8 Å². The van der Waals surface area contributed by atoms with E-state index in [4.69, 9.17) is 22.8 Å². The monoisotopic (exact) mass is 321 g/mol. The third kappa shape index (κ3) is 2.48. The molecule has 0 saturated carbocycles. The molecule has 1 aliphatic heterocycles. The lowest BCUT2D eigenvalue weighted by Crippen LogP contribution is -2.26. The minimum absolute atomic E-state index is 0.000613. The molecule has 0 spiro atoms. The minimum Gasteiger partial charge on any atom is -0.479 e. The molecule has 0 bridgehead atoms. The molecule has 0 fully saturated rings. The highest BCUT2D eigenvalue weighted by Crippen LogP contribution is 2.29. The van der Waals surface area contributed by atoms with Gasteiger partial charge in [0.25, 0.3) is 0 Å². The van der Waals surface area contributed by atoms with Crippen LogP contribution < -0.4 is 10.4 Å². The van der Waals surface area contributed by atoms with Crippen molar-refractivity contribution in [2.75, 3.05) is 6.61 Å². The van der Waals surface area contributed by atoms with E-state index >= 15 is 0 Å². The second-order valence-electron chi connectivity index (χ2n) is 4.95. The van der Waals surface area contributed by atoms with E-state index in [0.717, 1.165) is 23.6 Å². The molecule has 3 rings (SSSR count). The number of rotatable bonds is 3. The number of nitrogens with zero attached hydrogens (tertiary/aromatic N) is 3. The molecule has 0 saturated heterocycles. The van der Waals surface area contributed by atoms with Gasteiger partial charge >= 0.3 is 5.69 Å². The van der Waals surface area contributed by atoms with E-state index in [0.29, 0.717) is 18.8 Å². The SMILES string of the molecule is C#CCOc1cc(-n2nc3n(c2=O)CCCC3)c(F)cc1Cl. The molecule has 0 unspecified atom stereocenters. The molecule has 22 heavy (non-hydrogen) atoms. The van der Waals surface area contributed by atoms with Crippen molar-refractivity contribution < 1.29 is 9.13 Å². The minimum atomic E-state index is -0.643. The van der Waals surface area contributed by atoms with E-state index in [1.807, 2.05) is 0 Å². The predicted molar refractivity (Wildman–Crippen MR) is 80.1 cm³/mol. The Morgan fingerprint density at radius 1 is 1.45 bits per heavy atom. The number of hydrogen-bond acceptors (Lipinski definition) is 3. The van der Waals surface area contributed by atoms with Gasteiger partial charge in [0.2, 0.25) is 0 Å². The fraction of sp³-hybridized carbons (Fsp3) is 0.333. The predicted octanol–water partition coefficient (Wildman–Crippen LogP) is 2.17. The Bertz CT molecular complexity index is 819. The van der Waals surface area contributed by atoms with Crippen LogP contribution in [-0.2, 0) is 13.0 Å². The number of aryl methyl sites for hydroxylation is 1. The van der Waals surface area contributed by atoms with E-state index in [9.17, 15) is 9.18 Å². The van der Waals surface area contributed by atoms with E-state index in [2.05, 4.69) is 11.0 Å². The Morgan fingerprint density at radius 3 is 3.00 bits per heavy atom.